The molecule has 0 bridgehead atoms. The van der Waals surface area contributed by atoms with Crippen molar-refractivity contribution < 1.29 is 4.74 Å². The zero-order valence-electron chi connectivity index (χ0n) is 11.9. The first kappa shape index (κ1) is 13.8. The quantitative estimate of drug-likeness (QED) is 0.514. The van der Waals surface area contributed by atoms with Crippen LogP contribution in [0, 0.1) is 5.41 Å². The maximum atomic E-state index is 7.75. The molecule has 110 valence electrons. The Morgan fingerprint density at radius 1 is 1.52 bits per heavy atom. The lowest BCUT2D eigenvalue weighted by Gasteiger charge is -2.06. The molecule has 21 heavy (non-hydrogen) atoms. The van der Waals surface area contributed by atoms with Crippen molar-refractivity contribution in [2.24, 2.45) is 0 Å². The third-order valence-corrected chi connectivity index (χ3v) is 4.28. The second-order valence-electron chi connectivity index (χ2n) is 4.84. The molecule has 0 saturated carbocycles. The van der Waals surface area contributed by atoms with Gasteiger partial charge in [-0.1, -0.05) is 0 Å². The lowest BCUT2D eigenvalue weighted by molar-refractivity contribution is 0.357. The first-order valence-corrected chi connectivity index (χ1v) is 7.46. The van der Waals surface area contributed by atoms with E-state index in [1.54, 1.807) is 14.0 Å². The predicted molar refractivity (Wildman–Crippen MR) is 84.8 cm³/mol. The van der Waals surface area contributed by atoms with E-state index in [-0.39, 0.29) is 0 Å². The molecule has 1 aromatic carbocycles. The summed E-state index contributed by atoms with van der Waals surface area (Å²) in [4.78, 5) is 8.55. The van der Waals surface area contributed by atoms with Crippen LogP contribution in [0.2, 0.25) is 0 Å². The van der Waals surface area contributed by atoms with Crippen LogP contribution in [0.15, 0.2) is 22.2 Å². The number of rotatable bonds is 4. The average molecular weight is 303 g/mol. The monoisotopic (exact) mass is 303 g/mol. The number of nitrogens with two attached hydrogens (primary N) is 1. The average Bonchev–Trinajstić information content (AvgIpc) is 3.05. The van der Waals surface area contributed by atoms with Crippen molar-refractivity contribution >= 4 is 29.0 Å². The number of hydrogen-bond acceptors (Lipinski definition) is 6. The number of benzene rings is 1. The summed E-state index contributed by atoms with van der Waals surface area (Å²) in [6.45, 7) is 2.44. The van der Waals surface area contributed by atoms with Gasteiger partial charge in [-0.25, -0.2) is 4.98 Å². The van der Waals surface area contributed by atoms with Crippen molar-refractivity contribution in [3.63, 3.8) is 0 Å². The smallest absolute Gasteiger partial charge is 0.172 e. The SMILES string of the molecule is CNc1nc(Sc2cc3c(cc2N)OCC3)[nH]c1C(C)=N. The van der Waals surface area contributed by atoms with Gasteiger partial charge >= 0.3 is 0 Å². The lowest BCUT2D eigenvalue weighted by atomic mass is 10.1. The van der Waals surface area contributed by atoms with Crippen LogP contribution in [0.5, 0.6) is 5.75 Å². The van der Waals surface area contributed by atoms with E-state index in [4.69, 9.17) is 15.9 Å². The van der Waals surface area contributed by atoms with Crippen LogP contribution in [0.3, 0.4) is 0 Å². The number of hydrogen-bond donors (Lipinski definition) is 4. The van der Waals surface area contributed by atoms with Crippen LogP contribution >= 0.6 is 11.8 Å². The van der Waals surface area contributed by atoms with E-state index >= 15 is 0 Å². The van der Waals surface area contributed by atoms with Crippen LogP contribution in [-0.4, -0.2) is 29.3 Å². The van der Waals surface area contributed by atoms with Gasteiger partial charge in [0.2, 0.25) is 0 Å². The normalized spacial score (nSPS) is 12.9. The Kier molecular flexibility index (Phi) is 3.50. The summed E-state index contributed by atoms with van der Waals surface area (Å²) in [5.41, 5.74) is 9.07. The highest BCUT2D eigenvalue weighted by Crippen LogP contribution is 2.38. The Morgan fingerprint density at radius 2 is 2.33 bits per heavy atom. The van der Waals surface area contributed by atoms with Crippen LogP contribution < -0.4 is 15.8 Å². The number of anilines is 2. The van der Waals surface area contributed by atoms with Crippen LogP contribution in [0.4, 0.5) is 11.5 Å². The van der Waals surface area contributed by atoms with Gasteiger partial charge in [0.05, 0.1) is 12.3 Å². The summed E-state index contributed by atoms with van der Waals surface area (Å²) in [7, 11) is 1.79. The predicted octanol–water partition coefficient (Wildman–Crippen LogP) is 2.51. The van der Waals surface area contributed by atoms with E-state index in [1.807, 2.05) is 6.07 Å². The summed E-state index contributed by atoms with van der Waals surface area (Å²) in [5, 5.41) is 11.5. The number of nitrogens with zero attached hydrogens (tertiary/aromatic N) is 1. The molecule has 5 N–H and O–H groups in total. The van der Waals surface area contributed by atoms with Crippen LogP contribution in [0.1, 0.15) is 18.2 Å². The number of nitrogen functional groups attached to an aromatic ring is 1. The van der Waals surface area contributed by atoms with Gasteiger partial charge in [0, 0.05) is 30.1 Å². The first-order chi connectivity index (χ1) is 10.1. The Hall–Kier alpha value is -2.15. The molecule has 1 aliphatic heterocycles. The number of ether oxygens (including phenoxy) is 1. The van der Waals surface area contributed by atoms with Gasteiger partial charge in [-0.05, 0) is 30.3 Å². The molecular weight excluding hydrogens is 286 g/mol. The number of aromatic amines is 1. The number of imidazole rings is 1. The Bertz CT molecular complexity index is 710. The first-order valence-electron chi connectivity index (χ1n) is 6.65. The maximum absolute atomic E-state index is 7.75. The summed E-state index contributed by atoms with van der Waals surface area (Å²) < 4.78 is 5.51. The standard InChI is InChI=1S/C14H17N5OS/c1-7(15)12-13(17-2)19-14(18-12)21-11-5-8-3-4-20-10(8)6-9(11)16/h5-6,15,17H,3-4,16H2,1-2H3,(H,18,19). The third-order valence-electron chi connectivity index (χ3n) is 3.32. The van der Waals surface area contributed by atoms with Gasteiger partial charge in [-0.3, -0.25) is 0 Å². The molecular formula is C14H17N5OS. The highest BCUT2D eigenvalue weighted by molar-refractivity contribution is 7.99. The maximum Gasteiger partial charge on any atom is 0.172 e. The fraction of sp³-hybridized carbons (Fsp3) is 0.286. The zero-order valence-corrected chi connectivity index (χ0v) is 12.7. The van der Waals surface area contributed by atoms with E-state index < -0.39 is 0 Å². The van der Waals surface area contributed by atoms with Crippen LogP contribution in [-0.2, 0) is 6.42 Å². The fourth-order valence-corrected chi connectivity index (χ4v) is 3.14. The molecule has 2 heterocycles. The van der Waals surface area contributed by atoms with E-state index in [2.05, 4.69) is 21.4 Å². The summed E-state index contributed by atoms with van der Waals surface area (Å²) in [6, 6.07) is 3.93. The van der Waals surface area contributed by atoms with Gasteiger partial charge in [0.1, 0.15) is 11.4 Å². The minimum absolute atomic E-state index is 0.439. The van der Waals surface area contributed by atoms with Crippen molar-refractivity contribution in [3.05, 3.63) is 23.4 Å². The van der Waals surface area contributed by atoms with Gasteiger partial charge in [0.25, 0.3) is 0 Å². The molecule has 0 radical (unpaired) electrons. The molecule has 0 spiro atoms. The molecule has 1 aromatic heterocycles. The minimum Gasteiger partial charge on any atom is -0.493 e. The van der Waals surface area contributed by atoms with E-state index in [1.165, 1.54) is 17.3 Å². The van der Waals surface area contributed by atoms with E-state index in [0.29, 0.717) is 34.7 Å². The Morgan fingerprint density at radius 3 is 3.00 bits per heavy atom. The third kappa shape index (κ3) is 2.56. The van der Waals surface area contributed by atoms with Crippen molar-refractivity contribution in [1.82, 2.24) is 9.97 Å². The summed E-state index contributed by atoms with van der Waals surface area (Å²) >= 11 is 1.46. The number of nitrogens with one attached hydrogen (secondary N) is 3. The van der Waals surface area contributed by atoms with Crippen molar-refractivity contribution in [2.45, 2.75) is 23.4 Å². The summed E-state index contributed by atoms with van der Waals surface area (Å²) in [5.74, 6) is 1.55. The van der Waals surface area contributed by atoms with Crippen LogP contribution in [0.25, 0.3) is 0 Å². The van der Waals surface area contributed by atoms with Crippen molar-refractivity contribution in [3.8, 4) is 5.75 Å². The molecule has 1 aliphatic rings. The van der Waals surface area contributed by atoms with E-state index in [0.717, 1.165) is 17.1 Å². The molecule has 2 aromatic rings. The molecule has 0 saturated heterocycles. The van der Waals surface area contributed by atoms with Gasteiger partial charge in [-0.2, -0.15) is 0 Å². The second kappa shape index (κ2) is 5.33. The molecule has 6 nitrogen and oxygen atoms in total. The van der Waals surface area contributed by atoms with Crippen molar-refractivity contribution in [2.75, 3.05) is 24.7 Å². The second-order valence-corrected chi connectivity index (χ2v) is 5.87. The highest BCUT2D eigenvalue weighted by atomic mass is 32.2. The van der Waals surface area contributed by atoms with Gasteiger partial charge in [0.15, 0.2) is 11.0 Å². The molecule has 0 unspecified atom stereocenters. The summed E-state index contributed by atoms with van der Waals surface area (Å²) in [6.07, 6.45) is 0.911. The number of H-pyrrole nitrogens is 1. The number of aromatic nitrogens is 2. The Labute approximate surface area is 127 Å². The fourth-order valence-electron chi connectivity index (χ4n) is 2.26. The molecule has 7 heteroatoms. The van der Waals surface area contributed by atoms with Gasteiger partial charge in [-0.15, -0.1) is 0 Å². The molecule has 0 atom stereocenters. The molecule has 3 rings (SSSR count). The molecule has 0 amide bonds. The largest absolute Gasteiger partial charge is 0.493 e. The zero-order chi connectivity index (χ0) is 15.0. The highest BCUT2D eigenvalue weighted by Gasteiger charge is 2.17. The number of fused-ring (bicyclic) bond motifs is 1. The van der Waals surface area contributed by atoms with Gasteiger partial charge < -0.3 is 26.2 Å². The van der Waals surface area contributed by atoms with Crippen molar-refractivity contribution in [1.29, 1.82) is 5.41 Å². The minimum atomic E-state index is 0.439. The topological polar surface area (TPSA) is 99.8 Å². The molecule has 0 fully saturated rings. The lowest BCUT2D eigenvalue weighted by Crippen LogP contribution is -1.98. The van der Waals surface area contributed by atoms with E-state index in [9.17, 15) is 0 Å². The molecule has 0 aliphatic carbocycles. The Balaban J connectivity index is 1.92.